The minimum atomic E-state index is -0.643. The lowest BCUT2D eigenvalue weighted by Crippen LogP contribution is -2.37. The van der Waals surface area contributed by atoms with Crippen molar-refractivity contribution in [2.45, 2.75) is 25.3 Å². The average molecular weight is 360 g/mol. The van der Waals surface area contributed by atoms with Gasteiger partial charge in [-0.15, -0.1) is 0 Å². The molecular weight excluding hydrogens is 340 g/mol. The third kappa shape index (κ3) is 3.99. The van der Waals surface area contributed by atoms with Gasteiger partial charge < -0.3 is 9.73 Å². The molecular formula is C17H20N4O5. The molecule has 0 spiro atoms. The first-order valence-electron chi connectivity index (χ1n) is 8.50. The Morgan fingerprint density at radius 3 is 2.50 bits per heavy atom. The average Bonchev–Trinajstić information content (AvgIpc) is 3.17. The van der Waals surface area contributed by atoms with Crippen molar-refractivity contribution in [2.24, 2.45) is 0 Å². The van der Waals surface area contributed by atoms with E-state index in [9.17, 15) is 20.2 Å². The first-order valence-corrected chi connectivity index (χ1v) is 8.50. The van der Waals surface area contributed by atoms with E-state index in [4.69, 9.17) is 4.42 Å². The van der Waals surface area contributed by atoms with E-state index in [2.05, 4.69) is 10.2 Å². The second-order valence-corrected chi connectivity index (χ2v) is 6.22. The Balaban J connectivity index is 1.80. The Bertz CT molecular complexity index is 771. The van der Waals surface area contributed by atoms with Crippen molar-refractivity contribution in [3.63, 3.8) is 0 Å². The van der Waals surface area contributed by atoms with Crippen LogP contribution >= 0.6 is 0 Å². The number of nitro benzene ring substituents is 2. The first-order chi connectivity index (χ1) is 12.6. The molecule has 0 saturated carbocycles. The summed E-state index contributed by atoms with van der Waals surface area (Å²) in [4.78, 5) is 23.2. The van der Waals surface area contributed by atoms with Crippen molar-refractivity contribution in [1.82, 2.24) is 4.90 Å². The van der Waals surface area contributed by atoms with E-state index >= 15 is 0 Å². The lowest BCUT2D eigenvalue weighted by Gasteiger charge is -2.33. The highest BCUT2D eigenvalue weighted by molar-refractivity contribution is 5.65. The lowest BCUT2D eigenvalue weighted by atomic mass is 10.1. The molecule has 1 atom stereocenters. The number of nitrogens with zero attached hydrogens (tertiary/aromatic N) is 3. The van der Waals surface area contributed by atoms with Gasteiger partial charge in [-0.1, -0.05) is 6.42 Å². The van der Waals surface area contributed by atoms with Crippen LogP contribution in [-0.2, 0) is 0 Å². The van der Waals surface area contributed by atoms with Crippen LogP contribution in [0.15, 0.2) is 41.0 Å². The molecule has 1 unspecified atom stereocenters. The first kappa shape index (κ1) is 17.9. The SMILES string of the molecule is O=[N+]([O-])c1ccc(NCC(c2ccco2)N2CCCCC2)c([N+](=O)[O-])c1. The van der Waals surface area contributed by atoms with Gasteiger partial charge in [-0.25, -0.2) is 0 Å². The fraction of sp³-hybridized carbons (Fsp3) is 0.412. The van der Waals surface area contributed by atoms with Gasteiger partial charge >= 0.3 is 0 Å². The minimum absolute atomic E-state index is 0.0555. The van der Waals surface area contributed by atoms with Crippen LogP contribution in [0.2, 0.25) is 0 Å². The summed E-state index contributed by atoms with van der Waals surface area (Å²) in [5.74, 6) is 0.795. The number of furan rings is 1. The van der Waals surface area contributed by atoms with E-state index in [-0.39, 0.29) is 23.1 Å². The van der Waals surface area contributed by atoms with Crippen LogP contribution in [0.25, 0.3) is 0 Å². The van der Waals surface area contributed by atoms with Crippen LogP contribution in [-0.4, -0.2) is 34.4 Å². The number of rotatable bonds is 7. The van der Waals surface area contributed by atoms with Crippen LogP contribution in [0.3, 0.4) is 0 Å². The molecule has 0 amide bonds. The quantitative estimate of drug-likeness (QED) is 0.591. The van der Waals surface area contributed by atoms with Crippen molar-refractivity contribution >= 4 is 17.1 Å². The molecule has 0 bridgehead atoms. The van der Waals surface area contributed by atoms with Gasteiger partial charge in [0, 0.05) is 12.6 Å². The van der Waals surface area contributed by atoms with Gasteiger partial charge in [-0.05, 0) is 44.1 Å². The van der Waals surface area contributed by atoms with E-state index < -0.39 is 9.85 Å². The Kier molecular flexibility index (Phi) is 5.47. The zero-order valence-electron chi connectivity index (χ0n) is 14.2. The maximum Gasteiger partial charge on any atom is 0.299 e. The van der Waals surface area contributed by atoms with Gasteiger partial charge in [-0.3, -0.25) is 25.1 Å². The molecule has 26 heavy (non-hydrogen) atoms. The molecule has 1 saturated heterocycles. The van der Waals surface area contributed by atoms with E-state index in [1.807, 2.05) is 12.1 Å². The molecule has 1 aliphatic rings. The molecule has 138 valence electrons. The molecule has 0 aliphatic carbocycles. The normalized spacial score (nSPS) is 16.2. The van der Waals surface area contributed by atoms with Crippen LogP contribution < -0.4 is 5.32 Å². The van der Waals surface area contributed by atoms with E-state index in [0.717, 1.165) is 37.8 Å². The monoisotopic (exact) mass is 360 g/mol. The maximum absolute atomic E-state index is 11.3. The summed E-state index contributed by atoms with van der Waals surface area (Å²) in [5, 5.41) is 25.2. The van der Waals surface area contributed by atoms with Crippen LogP contribution in [0, 0.1) is 20.2 Å². The minimum Gasteiger partial charge on any atom is -0.468 e. The van der Waals surface area contributed by atoms with Crippen molar-refractivity contribution in [1.29, 1.82) is 0 Å². The summed E-state index contributed by atoms with van der Waals surface area (Å²) in [6.07, 6.45) is 5.02. The number of hydrogen-bond donors (Lipinski definition) is 1. The molecule has 9 nitrogen and oxygen atoms in total. The predicted molar refractivity (Wildman–Crippen MR) is 95.1 cm³/mol. The van der Waals surface area contributed by atoms with Crippen molar-refractivity contribution in [3.05, 3.63) is 62.6 Å². The lowest BCUT2D eigenvalue weighted by molar-refractivity contribution is -0.393. The third-order valence-corrected chi connectivity index (χ3v) is 4.58. The zero-order valence-corrected chi connectivity index (χ0v) is 14.2. The highest BCUT2D eigenvalue weighted by Crippen LogP contribution is 2.31. The van der Waals surface area contributed by atoms with Crippen molar-refractivity contribution < 1.29 is 14.3 Å². The molecule has 9 heteroatoms. The number of piperidine rings is 1. The van der Waals surface area contributed by atoms with Crippen molar-refractivity contribution in [3.8, 4) is 0 Å². The largest absolute Gasteiger partial charge is 0.468 e. The summed E-state index contributed by atoms with van der Waals surface area (Å²) in [5.41, 5.74) is -0.355. The number of non-ortho nitro benzene ring substituents is 1. The Labute approximate surface area is 149 Å². The zero-order chi connectivity index (χ0) is 18.5. The number of hydrogen-bond acceptors (Lipinski definition) is 7. The maximum atomic E-state index is 11.3. The number of benzene rings is 1. The number of nitro groups is 2. The van der Waals surface area contributed by atoms with Crippen LogP contribution in [0.4, 0.5) is 17.1 Å². The molecule has 2 heterocycles. The van der Waals surface area contributed by atoms with Gasteiger partial charge in [0.1, 0.15) is 11.4 Å². The van der Waals surface area contributed by atoms with Crippen LogP contribution in [0.1, 0.15) is 31.1 Å². The standard InChI is InChI=1S/C17H20N4O5/c22-20(23)13-6-7-14(15(11-13)21(24)25)18-12-16(17-5-4-10-26-17)19-8-2-1-3-9-19/h4-7,10-11,16,18H,1-3,8-9,12H2. The highest BCUT2D eigenvalue weighted by atomic mass is 16.6. The molecule has 0 radical (unpaired) electrons. The number of anilines is 1. The Hall–Kier alpha value is -2.94. The summed E-state index contributed by atoms with van der Waals surface area (Å²) in [7, 11) is 0. The summed E-state index contributed by atoms with van der Waals surface area (Å²) in [6, 6.07) is 7.28. The van der Waals surface area contributed by atoms with E-state index in [1.165, 1.54) is 18.6 Å². The highest BCUT2D eigenvalue weighted by Gasteiger charge is 2.26. The predicted octanol–water partition coefficient (Wildman–Crippen LogP) is 3.74. The van der Waals surface area contributed by atoms with Gasteiger partial charge in [0.15, 0.2) is 0 Å². The molecule has 1 aromatic carbocycles. The summed E-state index contributed by atoms with van der Waals surface area (Å²) < 4.78 is 5.56. The fourth-order valence-electron chi connectivity index (χ4n) is 3.26. The second-order valence-electron chi connectivity index (χ2n) is 6.22. The molecule has 1 aromatic heterocycles. The van der Waals surface area contributed by atoms with Gasteiger partial charge in [0.25, 0.3) is 11.4 Å². The van der Waals surface area contributed by atoms with Crippen molar-refractivity contribution in [2.75, 3.05) is 25.0 Å². The topological polar surface area (TPSA) is 115 Å². The molecule has 1 aliphatic heterocycles. The second kappa shape index (κ2) is 7.96. The number of likely N-dealkylation sites (tertiary alicyclic amines) is 1. The third-order valence-electron chi connectivity index (χ3n) is 4.58. The van der Waals surface area contributed by atoms with E-state index in [0.29, 0.717) is 6.54 Å². The smallest absolute Gasteiger partial charge is 0.299 e. The van der Waals surface area contributed by atoms with Gasteiger partial charge in [-0.2, -0.15) is 0 Å². The summed E-state index contributed by atoms with van der Waals surface area (Å²) >= 11 is 0. The van der Waals surface area contributed by atoms with Gasteiger partial charge in [0.2, 0.25) is 0 Å². The van der Waals surface area contributed by atoms with Gasteiger partial charge in [0.05, 0.1) is 28.2 Å². The fourth-order valence-corrected chi connectivity index (χ4v) is 3.26. The van der Waals surface area contributed by atoms with E-state index in [1.54, 1.807) is 6.26 Å². The molecule has 1 N–H and O–H groups in total. The number of nitrogens with one attached hydrogen (secondary N) is 1. The summed E-state index contributed by atoms with van der Waals surface area (Å²) in [6.45, 7) is 2.29. The molecule has 1 fully saturated rings. The molecule has 3 rings (SSSR count). The Morgan fingerprint density at radius 1 is 1.12 bits per heavy atom. The molecule has 2 aromatic rings. The van der Waals surface area contributed by atoms with Crippen LogP contribution in [0.5, 0.6) is 0 Å². The Morgan fingerprint density at radius 2 is 1.88 bits per heavy atom.